The molecule has 1 saturated carbocycles. The number of amides is 1. The number of hydrogen-bond acceptors (Lipinski definition) is 2. The van der Waals surface area contributed by atoms with Crippen LogP contribution in [0.3, 0.4) is 0 Å². The van der Waals surface area contributed by atoms with Crippen LogP contribution in [0.1, 0.15) is 42.7 Å². The molecule has 1 aliphatic carbocycles. The summed E-state index contributed by atoms with van der Waals surface area (Å²) in [5, 5.41) is 12.6. The van der Waals surface area contributed by atoms with E-state index in [0.29, 0.717) is 25.7 Å². The van der Waals surface area contributed by atoms with Crippen molar-refractivity contribution in [2.24, 2.45) is 0 Å². The molecule has 0 bridgehead atoms. The molecular formula is C21H21ClFNO3. The maximum Gasteiger partial charge on any atom is 0.329 e. The highest BCUT2D eigenvalue weighted by Crippen LogP contribution is 2.38. The first kappa shape index (κ1) is 19.4. The zero-order valence-electron chi connectivity index (χ0n) is 14.8. The number of carbonyl (C=O) groups excluding carboxylic acids is 1. The molecule has 2 aromatic carbocycles. The van der Waals surface area contributed by atoms with E-state index in [1.54, 1.807) is 0 Å². The molecule has 27 heavy (non-hydrogen) atoms. The molecule has 6 heteroatoms. The van der Waals surface area contributed by atoms with Gasteiger partial charge in [-0.25, -0.2) is 9.18 Å². The zero-order valence-corrected chi connectivity index (χ0v) is 15.5. The Kier molecular flexibility index (Phi) is 5.80. The summed E-state index contributed by atoms with van der Waals surface area (Å²) in [6.07, 6.45) is 1.70. The Hall–Kier alpha value is -2.40. The number of hydrogen-bond donors (Lipinski definition) is 2. The quantitative estimate of drug-likeness (QED) is 0.800. The molecule has 3 rings (SSSR count). The van der Waals surface area contributed by atoms with E-state index in [1.165, 1.54) is 23.8 Å². The molecule has 0 aliphatic heterocycles. The molecule has 2 N–H and O–H groups in total. The first-order valence-electron chi connectivity index (χ1n) is 8.93. The molecule has 1 aliphatic rings. The normalized spacial score (nSPS) is 22.2. The third-order valence-electron chi connectivity index (χ3n) is 5.30. The van der Waals surface area contributed by atoms with Crippen LogP contribution in [0, 0.1) is 5.82 Å². The van der Waals surface area contributed by atoms with Crippen molar-refractivity contribution < 1.29 is 19.1 Å². The highest BCUT2D eigenvalue weighted by atomic mass is 35.5. The minimum absolute atomic E-state index is 0.0789. The number of rotatable bonds is 5. The van der Waals surface area contributed by atoms with E-state index in [2.05, 4.69) is 5.32 Å². The average molecular weight is 390 g/mol. The first-order valence-corrected chi connectivity index (χ1v) is 9.31. The van der Waals surface area contributed by atoms with E-state index >= 15 is 0 Å². The number of benzene rings is 2. The fraction of sp³-hybridized carbons (Fsp3) is 0.333. The Morgan fingerprint density at radius 2 is 1.78 bits per heavy atom. The van der Waals surface area contributed by atoms with Crippen molar-refractivity contribution >= 4 is 23.5 Å². The third-order valence-corrected chi connectivity index (χ3v) is 5.65. The smallest absolute Gasteiger partial charge is 0.329 e. The summed E-state index contributed by atoms with van der Waals surface area (Å²) in [5.41, 5.74) is -0.0590. The van der Waals surface area contributed by atoms with Crippen LogP contribution < -0.4 is 5.32 Å². The van der Waals surface area contributed by atoms with Crippen LogP contribution in [0.2, 0.25) is 5.02 Å². The summed E-state index contributed by atoms with van der Waals surface area (Å²) < 4.78 is 13.9. The van der Waals surface area contributed by atoms with Crippen LogP contribution in [0.15, 0.2) is 48.5 Å². The summed E-state index contributed by atoms with van der Waals surface area (Å²) in [6, 6.07) is 14.2. The Labute approximate surface area is 162 Å². The number of nitrogens with one attached hydrogen (secondary N) is 1. The lowest BCUT2D eigenvalue weighted by molar-refractivity contribution is -0.149. The second-order valence-corrected chi connectivity index (χ2v) is 7.40. The summed E-state index contributed by atoms with van der Waals surface area (Å²) in [7, 11) is 0. The lowest BCUT2D eigenvalue weighted by Gasteiger charge is -2.37. The van der Waals surface area contributed by atoms with Crippen LogP contribution in [0.4, 0.5) is 4.39 Å². The van der Waals surface area contributed by atoms with Gasteiger partial charge in [-0.15, -0.1) is 0 Å². The molecule has 1 fully saturated rings. The molecule has 0 heterocycles. The molecule has 0 atom stereocenters. The molecule has 0 spiro atoms. The second-order valence-electron chi connectivity index (χ2n) is 7.00. The van der Waals surface area contributed by atoms with Crippen molar-refractivity contribution in [3.8, 4) is 0 Å². The van der Waals surface area contributed by atoms with Gasteiger partial charge in [-0.3, -0.25) is 4.79 Å². The Balaban J connectivity index is 1.69. The van der Waals surface area contributed by atoms with Crippen LogP contribution >= 0.6 is 11.6 Å². The summed E-state index contributed by atoms with van der Waals surface area (Å²) in [6.45, 7) is 0. The number of halogens is 2. The molecule has 1 amide bonds. The average Bonchev–Trinajstić information content (AvgIpc) is 2.66. The maximum atomic E-state index is 13.9. The van der Waals surface area contributed by atoms with Crippen molar-refractivity contribution in [3.63, 3.8) is 0 Å². The lowest BCUT2D eigenvalue weighted by Crippen LogP contribution is -2.56. The second kappa shape index (κ2) is 8.09. The number of carboxylic acid groups (broad SMARTS) is 1. The maximum absolute atomic E-state index is 13.9. The van der Waals surface area contributed by atoms with Gasteiger partial charge in [0.1, 0.15) is 11.4 Å². The minimum atomic E-state index is -1.32. The van der Waals surface area contributed by atoms with Crippen molar-refractivity contribution in [2.45, 2.75) is 43.6 Å². The molecule has 2 aromatic rings. The van der Waals surface area contributed by atoms with Crippen molar-refractivity contribution in [3.05, 3.63) is 70.5 Å². The van der Waals surface area contributed by atoms with Gasteiger partial charge in [-0.1, -0.05) is 48.0 Å². The van der Waals surface area contributed by atoms with E-state index in [4.69, 9.17) is 11.6 Å². The standard InChI is InChI=1S/C21H21ClFNO3/c22-17-7-4-8-18(23)16(17)13-19(25)24-21(20(26)27)11-9-15(10-12-21)14-5-2-1-3-6-14/h1-8,15H,9-13H2,(H,24,25)(H,26,27). The van der Waals surface area contributed by atoms with Gasteiger partial charge in [0.05, 0.1) is 6.42 Å². The predicted octanol–water partition coefficient (Wildman–Crippen LogP) is 4.32. The van der Waals surface area contributed by atoms with Crippen molar-refractivity contribution in [2.75, 3.05) is 0 Å². The van der Waals surface area contributed by atoms with Gasteiger partial charge in [0.15, 0.2) is 0 Å². The summed E-state index contributed by atoms with van der Waals surface area (Å²) in [4.78, 5) is 24.4. The number of carbonyl (C=O) groups is 2. The van der Waals surface area contributed by atoms with Gasteiger partial charge in [-0.05, 0) is 49.3 Å². The van der Waals surface area contributed by atoms with Crippen LogP contribution in [-0.2, 0) is 16.0 Å². The summed E-state index contributed by atoms with van der Waals surface area (Å²) in [5.74, 6) is -1.89. The molecule has 0 radical (unpaired) electrons. The van der Waals surface area contributed by atoms with Gasteiger partial charge in [0.25, 0.3) is 0 Å². The highest BCUT2D eigenvalue weighted by Gasteiger charge is 2.43. The Bertz CT molecular complexity index is 812. The monoisotopic (exact) mass is 389 g/mol. The van der Waals surface area contributed by atoms with E-state index < -0.39 is 23.2 Å². The van der Waals surface area contributed by atoms with Crippen LogP contribution in [-0.4, -0.2) is 22.5 Å². The molecule has 4 nitrogen and oxygen atoms in total. The summed E-state index contributed by atoms with van der Waals surface area (Å²) >= 11 is 5.96. The number of carboxylic acids is 1. The Morgan fingerprint density at radius 1 is 1.11 bits per heavy atom. The topological polar surface area (TPSA) is 66.4 Å². The van der Waals surface area contributed by atoms with Crippen molar-refractivity contribution in [1.29, 1.82) is 0 Å². The molecule has 0 saturated heterocycles. The van der Waals surface area contributed by atoms with Gasteiger partial charge < -0.3 is 10.4 Å². The van der Waals surface area contributed by atoms with Gasteiger partial charge in [0.2, 0.25) is 5.91 Å². The zero-order chi connectivity index (χ0) is 19.4. The molecule has 0 unspecified atom stereocenters. The minimum Gasteiger partial charge on any atom is -0.480 e. The van der Waals surface area contributed by atoms with E-state index in [-0.39, 0.29) is 22.9 Å². The van der Waals surface area contributed by atoms with E-state index in [9.17, 15) is 19.1 Å². The fourth-order valence-corrected chi connectivity index (χ4v) is 3.96. The Morgan fingerprint density at radius 3 is 2.37 bits per heavy atom. The fourth-order valence-electron chi connectivity index (χ4n) is 3.73. The van der Waals surface area contributed by atoms with E-state index in [1.807, 2.05) is 30.3 Å². The predicted molar refractivity (Wildman–Crippen MR) is 101 cm³/mol. The third kappa shape index (κ3) is 4.30. The number of aliphatic carboxylic acids is 1. The molecular weight excluding hydrogens is 369 g/mol. The van der Waals surface area contributed by atoms with Gasteiger partial charge in [0, 0.05) is 10.6 Å². The lowest BCUT2D eigenvalue weighted by atomic mass is 9.74. The molecule has 142 valence electrons. The van der Waals surface area contributed by atoms with Crippen LogP contribution in [0.25, 0.3) is 0 Å². The first-order chi connectivity index (χ1) is 12.9. The van der Waals surface area contributed by atoms with Crippen LogP contribution in [0.5, 0.6) is 0 Å². The van der Waals surface area contributed by atoms with E-state index in [0.717, 1.165) is 0 Å². The van der Waals surface area contributed by atoms with Crippen molar-refractivity contribution in [1.82, 2.24) is 5.32 Å². The highest BCUT2D eigenvalue weighted by molar-refractivity contribution is 6.31. The SMILES string of the molecule is O=C(Cc1c(F)cccc1Cl)NC1(C(=O)O)CCC(c2ccccc2)CC1. The van der Waals surface area contributed by atoms with Gasteiger partial charge in [-0.2, -0.15) is 0 Å². The van der Waals surface area contributed by atoms with Gasteiger partial charge >= 0.3 is 5.97 Å². The largest absolute Gasteiger partial charge is 0.480 e. The molecule has 0 aromatic heterocycles.